The number of hydrogen-bond donors (Lipinski definition) is 1. The van der Waals surface area contributed by atoms with Crippen LogP contribution in [-0.2, 0) is 11.3 Å². The highest BCUT2D eigenvalue weighted by molar-refractivity contribution is 6.30. The van der Waals surface area contributed by atoms with Crippen molar-refractivity contribution in [3.63, 3.8) is 0 Å². The molecule has 3 aromatic rings. The van der Waals surface area contributed by atoms with Crippen LogP contribution in [0.4, 0.5) is 0 Å². The van der Waals surface area contributed by atoms with Crippen molar-refractivity contribution in [3.05, 3.63) is 82.6 Å². The van der Waals surface area contributed by atoms with E-state index in [0.29, 0.717) is 10.7 Å². The van der Waals surface area contributed by atoms with Crippen LogP contribution in [0.15, 0.2) is 60.8 Å². The zero-order valence-corrected chi connectivity index (χ0v) is 13.4. The van der Waals surface area contributed by atoms with Gasteiger partial charge in [-0.25, -0.2) is 4.79 Å². The van der Waals surface area contributed by atoms with Gasteiger partial charge in [0.25, 0.3) is 0 Å². The maximum atomic E-state index is 12.4. The first-order valence-corrected chi connectivity index (χ1v) is 7.68. The van der Waals surface area contributed by atoms with E-state index in [1.807, 2.05) is 67.7 Å². The summed E-state index contributed by atoms with van der Waals surface area (Å²) in [4.78, 5) is 15.4. The van der Waals surface area contributed by atoms with Gasteiger partial charge in [-0.15, -0.1) is 0 Å². The molecule has 0 amide bonds. The Kier molecular flexibility index (Phi) is 4.49. The van der Waals surface area contributed by atoms with E-state index >= 15 is 0 Å². The van der Waals surface area contributed by atoms with E-state index in [2.05, 4.69) is 4.98 Å². The molecule has 116 valence electrons. The summed E-state index contributed by atoms with van der Waals surface area (Å²) >= 11 is 5.93. The number of nitrogens with one attached hydrogen (secondary N) is 1. The Labute approximate surface area is 139 Å². The normalized spacial score (nSPS) is 10.5. The number of carbonyl (C=O) groups excluding carboxylic acids is 1. The molecule has 23 heavy (non-hydrogen) atoms. The monoisotopic (exact) mass is 325 g/mol. The third kappa shape index (κ3) is 3.46. The number of esters is 1. The second kappa shape index (κ2) is 6.71. The minimum Gasteiger partial charge on any atom is -0.456 e. The standard InChI is InChI=1S/C19H16ClNO2/c1-13-11-21-18(17(13)15-7-9-16(20)10-8-15)19(22)23-12-14-5-3-2-4-6-14/h2-11,21H,12H2,1H3. The maximum Gasteiger partial charge on any atom is 0.355 e. The average molecular weight is 326 g/mol. The summed E-state index contributed by atoms with van der Waals surface area (Å²) in [5.41, 5.74) is 4.18. The van der Waals surface area contributed by atoms with Crippen molar-refractivity contribution < 1.29 is 9.53 Å². The number of carbonyl (C=O) groups is 1. The molecule has 0 bridgehead atoms. The molecule has 0 aliphatic heterocycles. The smallest absolute Gasteiger partial charge is 0.355 e. The maximum absolute atomic E-state index is 12.4. The second-order valence-electron chi connectivity index (χ2n) is 5.29. The Hall–Kier alpha value is -2.52. The number of hydrogen-bond acceptors (Lipinski definition) is 2. The van der Waals surface area contributed by atoms with E-state index in [1.54, 1.807) is 0 Å². The first-order chi connectivity index (χ1) is 11.1. The van der Waals surface area contributed by atoms with Crippen LogP contribution < -0.4 is 0 Å². The van der Waals surface area contributed by atoms with Crippen LogP contribution >= 0.6 is 11.6 Å². The SMILES string of the molecule is Cc1c[nH]c(C(=O)OCc2ccccc2)c1-c1ccc(Cl)cc1. The Morgan fingerprint density at radius 2 is 1.78 bits per heavy atom. The van der Waals surface area contributed by atoms with E-state index < -0.39 is 0 Å². The van der Waals surface area contributed by atoms with Crippen LogP contribution in [0.5, 0.6) is 0 Å². The quantitative estimate of drug-likeness (QED) is 0.686. The van der Waals surface area contributed by atoms with Gasteiger partial charge in [0.2, 0.25) is 0 Å². The van der Waals surface area contributed by atoms with Crippen LogP contribution in [0.25, 0.3) is 11.1 Å². The Morgan fingerprint density at radius 3 is 2.48 bits per heavy atom. The van der Waals surface area contributed by atoms with Gasteiger partial charge < -0.3 is 9.72 Å². The van der Waals surface area contributed by atoms with Crippen molar-refractivity contribution in [3.8, 4) is 11.1 Å². The molecule has 0 aliphatic carbocycles. The van der Waals surface area contributed by atoms with E-state index in [1.165, 1.54) is 0 Å². The van der Waals surface area contributed by atoms with Gasteiger partial charge in [-0.05, 0) is 35.7 Å². The van der Waals surface area contributed by atoms with Crippen molar-refractivity contribution in [2.75, 3.05) is 0 Å². The first-order valence-electron chi connectivity index (χ1n) is 7.30. The zero-order chi connectivity index (χ0) is 16.2. The lowest BCUT2D eigenvalue weighted by atomic mass is 10.0. The summed E-state index contributed by atoms with van der Waals surface area (Å²) in [6.07, 6.45) is 1.81. The third-order valence-corrected chi connectivity index (χ3v) is 3.88. The summed E-state index contributed by atoms with van der Waals surface area (Å²) < 4.78 is 5.42. The van der Waals surface area contributed by atoms with E-state index in [9.17, 15) is 4.79 Å². The number of ether oxygens (including phenoxy) is 1. The summed E-state index contributed by atoms with van der Waals surface area (Å²) in [7, 11) is 0. The number of rotatable bonds is 4. The minimum atomic E-state index is -0.369. The van der Waals surface area contributed by atoms with Crippen molar-refractivity contribution in [2.24, 2.45) is 0 Å². The van der Waals surface area contributed by atoms with Gasteiger partial charge in [-0.1, -0.05) is 54.1 Å². The highest BCUT2D eigenvalue weighted by Crippen LogP contribution is 2.29. The molecule has 1 heterocycles. The van der Waals surface area contributed by atoms with E-state index in [4.69, 9.17) is 16.3 Å². The van der Waals surface area contributed by atoms with E-state index in [-0.39, 0.29) is 12.6 Å². The van der Waals surface area contributed by atoms with Gasteiger partial charge in [0.1, 0.15) is 12.3 Å². The highest BCUT2D eigenvalue weighted by atomic mass is 35.5. The topological polar surface area (TPSA) is 42.1 Å². The van der Waals surface area contributed by atoms with Gasteiger partial charge in [-0.2, -0.15) is 0 Å². The first kappa shape index (κ1) is 15.4. The molecule has 1 N–H and O–H groups in total. The molecule has 1 aromatic heterocycles. The predicted molar refractivity (Wildman–Crippen MR) is 91.5 cm³/mol. The lowest BCUT2D eigenvalue weighted by molar-refractivity contribution is 0.0467. The molecule has 0 radical (unpaired) electrons. The summed E-state index contributed by atoms with van der Waals surface area (Å²) in [6, 6.07) is 17.0. The Bertz CT molecular complexity index is 807. The molecule has 0 spiro atoms. The number of aromatic nitrogens is 1. The van der Waals surface area contributed by atoms with Crippen LogP contribution in [0.3, 0.4) is 0 Å². The fraction of sp³-hybridized carbons (Fsp3) is 0.105. The van der Waals surface area contributed by atoms with E-state index in [0.717, 1.165) is 22.3 Å². The zero-order valence-electron chi connectivity index (χ0n) is 12.7. The molecular formula is C19H16ClNO2. The second-order valence-corrected chi connectivity index (χ2v) is 5.73. The fourth-order valence-corrected chi connectivity index (χ4v) is 2.59. The van der Waals surface area contributed by atoms with Gasteiger partial charge in [0.15, 0.2) is 0 Å². The minimum absolute atomic E-state index is 0.248. The molecule has 0 unspecified atom stereocenters. The largest absolute Gasteiger partial charge is 0.456 e. The van der Waals surface area contributed by atoms with Gasteiger partial charge in [0, 0.05) is 16.8 Å². The van der Waals surface area contributed by atoms with Crippen LogP contribution in [0.1, 0.15) is 21.6 Å². The lowest BCUT2D eigenvalue weighted by Crippen LogP contribution is -2.07. The summed E-state index contributed by atoms with van der Waals surface area (Å²) in [6.45, 7) is 2.20. The Balaban J connectivity index is 1.83. The van der Waals surface area contributed by atoms with Crippen molar-refractivity contribution >= 4 is 17.6 Å². The molecule has 3 nitrogen and oxygen atoms in total. The number of aryl methyl sites for hydroxylation is 1. The third-order valence-electron chi connectivity index (χ3n) is 3.63. The molecule has 0 saturated carbocycles. The molecular weight excluding hydrogens is 310 g/mol. The molecule has 4 heteroatoms. The molecule has 0 saturated heterocycles. The molecule has 2 aromatic carbocycles. The Morgan fingerprint density at radius 1 is 1.09 bits per heavy atom. The average Bonchev–Trinajstić information content (AvgIpc) is 2.96. The van der Waals surface area contributed by atoms with Gasteiger partial charge in [-0.3, -0.25) is 0 Å². The van der Waals surface area contributed by atoms with Crippen LogP contribution in [-0.4, -0.2) is 11.0 Å². The number of halogens is 1. The van der Waals surface area contributed by atoms with Crippen LogP contribution in [0.2, 0.25) is 5.02 Å². The summed E-state index contributed by atoms with van der Waals surface area (Å²) in [5, 5.41) is 0.662. The summed E-state index contributed by atoms with van der Waals surface area (Å²) in [5.74, 6) is -0.369. The highest BCUT2D eigenvalue weighted by Gasteiger charge is 2.18. The molecule has 3 rings (SSSR count). The predicted octanol–water partition coefficient (Wildman–Crippen LogP) is 5.00. The number of aromatic amines is 1. The number of H-pyrrole nitrogens is 1. The molecule has 0 atom stereocenters. The lowest BCUT2D eigenvalue weighted by Gasteiger charge is -2.07. The molecule has 0 aliphatic rings. The van der Waals surface area contributed by atoms with Crippen molar-refractivity contribution in [1.82, 2.24) is 4.98 Å². The molecule has 0 fully saturated rings. The fourth-order valence-electron chi connectivity index (χ4n) is 2.47. The number of benzene rings is 2. The van der Waals surface area contributed by atoms with Crippen molar-refractivity contribution in [1.29, 1.82) is 0 Å². The van der Waals surface area contributed by atoms with Gasteiger partial charge in [0.05, 0.1) is 0 Å². The van der Waals surface area contributed by atoms with Crippen molar-refractivity contribution in [2.45, 2.75) is 13.5 Å². The van der Waals surface area contributed by atoms with Gasteiger partial charge >= 0.3 is 5.97 Å². The van der Waals surface area contributed by atoms with Crippen LogP contribution in [0, 0.1) is 6.92 Å².